The number of hydrogen-bond donors (Lipinski definition) is 3. The standard InChI is InChI=1S/C17H26N2O4/c1-10-11(2)15-13(12(3)14(10)20)6-7-17(4,22-15)23-16(21)19-9-5-8-18/h20H,5-9,18H2,1-4H3,(H,19,21). The average Bonchev–Trinajstić information content (AvgIpc) is 2.50. The third kappa shape index (κ3) is 3.52. The molecule has 1 unspecified atom stereocenters. The summed E-state index contributed by atoms with van der Waals surface area (Å²) in [7, 11) is 0. The van der Waals surface area contributed by atoms with Crippen molar-refractivity contribution in [3.05, 3.63) is 22.3 Å². The van der Waals surface area contributed by atoms with E-state index in [1.54, 1.807) is 6.92 Å². The largest absolute Gasteiger partial charge is 0.507 e. The van der Waals surface area contributed by atoms with Crippen molar-refractivity contribution in [1.82, 2.24) is 5.32 Å². The fourth-order valence-corrected chi connectivity index (χ4v) is 2.82. The second-order valence-corrected chi connectivity index (χ2v) is 6.23. The van der Waals surface area contributed by atoms with Crippen LogP contribution in [-0.4, -0.2) is 30.1 Å². The Labute approximate surface area is 137 Å². The molecule has 128 valence electrons. The summed E-state index contributed by atoms with van der Waals surface area (Å²) >= 11 is 0. The highest BCUT2D eigenvalue weighted by Crippen LogP contribution is 2.43. The molecule has 4 N–H and O–H groups in total. The highest BCUT2D eigenvalue weighted by molar-refractivity contribution is 5.67. The topological polar surface area (TPSA) is 93.8 Å². The van der Waals surface area contributed by atoms with Crippen LogP contribution in [-0.2, 0) is 11.2 Å². The average molecular weight is 322 g/mol. The number of aromatic hydroxyl groups is 1. The van der Waals surface area contributed by atoms with E-state index < -0.39 is 11.9 Å². The summed E-state index contributed by atoms with van der Waals surface area (Å²) in [5.74, 6) is 0.00986. The first-order chi connectivity index (χ1) is 10.8. The molecule has 2 rings (SSSR count). The summed E-state index contributed by atoms with van der Waals surface area (Å²) in [6.45, 7) is 8.40. The van der Waals surface area contributed by atoms with Crippen LogP contribution in [0, 0.1) is 20.8 Å². The molecule has 6 nitrogen and oxygen atoms in total. The van der Waals surface area contributed by atoms with Gasteiger partial charge in [-0.1, -0.05) is 0 Å². The molecule has 0 fully saturated rings. The maximum atomic E-state index is 11.9. The fraction of sp³-hybridized carbons (Fsp3) is 0.588. The quantitative estimate of drug-likeness (QED) is 0.740. The fourth-order valence-electron chi connectivity index (χ4n) is 2.82. The highest BCUT2D eigenvalue weighted by atomic mass is 16.7. The Morgan fingerprint density at radius 1 is 1.35 bits per heavy atom. The number of nitrogens with two attached hydrogens (primary N) is 1. The number of nitrogens with one attached hydrogen (secondary N) is 1. The number of carbonyl (C=O) groups excluding carboxylic acids is 1. The summed E-state index contributed by atoms with van der Waals surface area (Å²) in [4.78, 5) is 11.9. The summed E-state index contributed by atoms with van der Waals surface area (Å²) in [6, 6.07) is 0. The predicted octanol–water partition coefficient (Wildman–Crippen LogP) is 2.43. The number of amides is 1. The summed E-state index contributed by atoms with van der Waals surface area (Å²) in [5.41, 5.74) is 8.88. The van der Waals surface area contributed by atoms with E-state index in [1.165, 1.54) is 0 Å². The van der Waals surface area contributed by atoms with Crippen LogP contribution < -0.4 is 15.8 Å². The molecule has 0 aromatic heterocycles. The van der Waals surface area contributed by atoms with Crippen LogP contribution in [0.4, 0.5) is 4.79 Å². The van der Waals surface area contributed by atoms with Crippen molar-refractivity contribution in [3.8, 4) is 11.5 Å². The summed E-state index contributed by atoms with van der Waals surface area (Å²) in [5, 5.41) is 12.8. The number of fused-ring (bicyclic) bond motifs is 1. The molecule has 6 heteroatoms. The van der Waals surface area contributed by atoms with Crippen LogP contribution in [0.1, 0.15) is 42.0 Å². The minimum absolute atomic E-state index is 0.314. The normalized spacial score (nSPS) is 19.7. The molecule has 0 aliphatic carbocycles. The number of rotatable bonds is 4. The van der Waals surface area contributed by atoms with E-state index in [2.05, 4.69) is 5.32 Å². The van der Waals surface area contributed by atoms with Crippen LogP contribution in [0.15, 0.2) is 0 Å². The number of carbonyl (C=O) groups is 1. The zero-order valence-electron chi connectivity index (χ0n) is 14.3. The lowest BCUT2D eigenvalue weighted by Gasteiger charge is -2.36. The number of hydrogen-bond acceptors (Lipinski definition) is 5. The van der Waals surface area contributed by atoms with Gasteiger partial charge in [-0.3, -0.25) is 0 Å². The van der Waals surface area contributed by atoms with E-state index >= 15 is 0 Å². The zero-order chi connectivity index (χ0) is 17.2. The van der Waals surface area contributed by atoms with Crippen molar-refractivity contribution in [2.45, 2.75) is 52.7 Å². The molecule has 1 aliphatic rings. The Morgan fingerprint density at radius 3 is 2.70 bits per heavy atom. The molecule has 0 saturated carbocycles. The molecule has 1 aliphatic heterocycles. The molecule has 0 bridgehead atoms. The molecular formula is C17H26N2O4. The molecular weight excluding hydrogens is 296 g/mol. The lowest BCUT2D eigenvalue weighted by Crippen LogP contribution is -2.44. The van der Waals surface area contributed by atoms with Crippen LogP contribution in [0.2, 0.25) is 0 Å². The Hall–Kier alpha value is -1.95. The van der Waals surface area contributed by atoms with E-state index in [0.717, 1.165) is 22.3 Å². The maximum absolute atomic E-state index is 11.9. The van der Waals surface area contributed by atoms with Gasteiger partial charge in [0.15, 0.2) is 0 Å². The van der Waals surface area contributed by atoms with Crippen LogP contribution >= 0.6 is 0 Å². The molecule has 1 amide bonds. The molecule has 0 radical (unpaired) electrons. The van der Waals surface area contributed by atoms with E-state index in [1.807, 2.05) is 20.8 Å². The van der Waals surface area contributed by atoms with Gasteiger partial charge in [-0.2, -0.15) is 0 Å². The van der Waals surface area contributed by atoms with Crippen molar-refractivity contribution in [2.75, 3.05) is 13.1 Å². The smallest absolute Gasteiger partial charge is 0.410 e. The highest BCUT2D eigenvalue weighted by Gasteiger charge is 2.37. The molecule has 0 spiro atoms. The van der Waals surface area contributed by atoms with E-state index in [0.29, 0.717) is 43.9 Å². The molecule has 1 atom stereocenters. The molecule has 1 aromatic rings. The number of phenols is 1. The number of benzene rings is 1. The van der Waals surface area contributed by atoms with Gasteiger partial charge in [-0.25, -0.2) is 4.79 Å². The second kappa shape index (κ2) is 6.66. The lowest BCUT2D eigenvalue weighted by atomic mass is 9.91. The van der Waals surface area contributed by atoms with E-state index in [-0.39, 0.29) is 0 Å². The van der Waals surface area contributed by atoms with Gasteiger partial charge in [0.25, 0.3) is 5.79 Å². The van der Waals surface area contributed by atoms with Gasteiger partial charge in [0.2, 0.25) is 0 Å². The lowest BCUT2D eigenvalue weighted by molar-refractivity contribution is -0.137. The van der Waals surface area contributed by atoms with Crippen molar-refractivity contribution >= 4 is 6.09 Å². The Balaban J connectivity index is 2.17. The van der Waals surface area contributed by atoms with Gasteiger partial charge in [0.05, 0.1) is 0 Å². The maximum Gasteiger partial charge on any atom is 0.410 e. The van der Waals surface area contributed by atoms with Crippen LogP contribution in [0.3, 0.4) is 0 Å². The monoisotopic (exact) mass is 322 g/mol. The molecule has 23 heavy (non-hydrogen) atoms. The number of phenolic OH excluding ortho intramolecular Hbond substituents is 1. The zero-order valence-corrected chi connectivity index (χ0v) is 14.3. The molecule has 1 aromatic carbocycles. The number of alkyl carbamates (subject to hydrolysis) is 1. The van der Waals surface area contributed by atoms with Crippen molar-refractivity contribution in [3.63, 3.8) is 0 Å². The Kier molecular flexibility index (Phi) is 5.04. The van der Waals surface area contributed by atoms with Crippen LogP contribution in [0.5, 0.6) is 11.5 Å². The predicted molar refractivity (Wildman–Crippen MR) is 87.8 cm³/mol. The van der Waals surface area contributed by atoms with Gasteiger partial charge in [0, 0.05) is 25.5 Å². The first-order valence-electron chi connectivity index (χ1n) is 7.96. The van der Waals surface area contributed by atoms with E-state index in [9.17, 15) is 9.90 Å². The van der Waals surface area contributed by atoms with Gasteiger partial charge in [-0.15, -0.1) is 0 Å². The minimum atomic E-state index is -1.01. The Morgan fingerprint density at radius 2 is 2.04 bits per heavy atom. The Bertz CT molecular complexity index is 615. The molecule has 1 heterocycles. The van der Waals surface area contributed by atoms with Crippen molar-refractivity contribution < 1.29 is 19.4 Å². The third-order valence-electron chi connectivity index (χ3n) is 4.45. The van der Waals surface area contributed by atoms with Gasteiger partial charge in [0.1, 0.15) is 11.5 Å². The first-order valence-corrected chi connectivity index (χ1v) is 7.96. The van der Waals surface area contributed by atoms with Gasteiger partial charge >= 0.3 is 6.09 Å². The van der Waals surface area contributed by atoms with E-state index in [4.69, 9.17) is 15.2 Å². The second-order valence-electron chi connectivity index (χ2n) is 6.23. The van der Waals surface area contributed by atoms with Crippen molar-refractivity contribution in [2.24, 2.45) is 5.73 Å². The summed E-state index contributed by atoms with van der Waals surface area (Å²) < 4.78 is 11.5. The molecule has 0 saturated heterocycles. The first kappa shape index (κ1) is 17.4. The van der Waals surface area contributed by atoms with Crippen LogP contribution in [0.25, 0.3) is 0 Å². The number of ether oxygens (including phenoxy) is 2. The van der Waals surface area contributed by atoms with Gasteiger partial charge < -0.3 is 25.6 Å². The minimum Gasteiger partial charge on any atom is -0.507 e. The van der Waals surface area contributed by atoms with Gasteiger partial charge in [-0.05, 0) is 56.8 Å². The summed E-state index contributed by atoms with van der Waals surface area (Å²) in [6.07, 6.45) is 1.41. The third-order valence-corrected chi connectivity index (χ3v) is 4.45. The van der Waals surface area contributed by atoms with Crippen molar-refractivity contribution in [1.29, 1.82) is 0 Å². The SMILES string of the molecule is Cc1c(C)c2c(c(C)c1O)CCC(C)(OC(=O)NCCCN)O2.